The van der Waals surface area contributed by atoms with E-state index in [1.165, 1.54) is 0 Å². The van der Waals surface area contributed by atoms with Crippen molar-refractivity contribution in [3.63, 3.8) is 0 Å². The van der Waals surface area contributed by atoms with Crippen LogP contribution in [0.25, 0.3) is 0 Å². The zero-order valence-electron chi connectivity index (χ0n) is 8.04. The van der Waals surface area contributed by atoms with Crippen molar-refractivity contribution >= 4 is 0 Å². The molecular weight excluding hydrogens is 186 g/mol. The third kappa shape index (κ3) is 2.13. The van der Waals surface area contributed by atoms with Gasteiger partial charge in [-0.3, -0.25) is 0 Å². The molecule has 82 valence electrons. The van der Waals surface area contributed by atoms with Gasteiger partial charge in [0, 0.05) is 0 Å². The summed E-state index contributed by atoms with van der Waals surface area (Å²) in [6.45, 7) is 1.36. The van der Waals surface area contributed by atoms with E-state index in [1.54, 1.807) is 19.1 Å². The Balaban J connectivity index is 2.66. The molecule has 0 aliphatic carbocycles. The van der Waals surface area contributed by atoms with Gasteiger partial charge in [0.05, 0.1) is 30.9 Å². The van der Waals surface area contributed by atoms with Crippen molar-refractivity contribution in [1.82, 2.24) is 5.32 Å². The molecule has 5 nitrogen and oxygen atoms in total. The molecule has 5 atom stereocenters. The number of rotatable bonds is 3. The molecule has 0 unspecified atom stereocenters. The highest BCUT2D eigenvalue weighted by molar-refractivity contribution is 5.08. The van der Waals surface area contributed by atoms with Crippen LogP contribution in [0.5, 0.6) is 0 Å². The summed E-state index contributed by atoms with van der Waals surface area (Å²) in [5.74, 6) is 0. The lowest BCUT2D eigenvalue weighted by molar-refractivity contribution is -0.0115. The number of hydrogen-bond donors (Lipinski definition) is 5. The van der Waals surface area contributed by atoms with Crippen LogP contribution in [-0.4, -0.2) is 57.4 Å². The first kappa shape index (κ1) is 11.6. The van der Waals surface area contributed by atoms with Gasteiger partial charge in [0.15, 0.2) is 0 Å². The van der Waals surface area contributed by atoms with Crippen LogP contribution in [0.2, 0.25) is 0 Å². The van der Waals surface area contributed by atoms with Gasteiger partial charge >= 0.3 is 0 Å². The van der Waals surface area contributed by atoms with Gasteiger partial charge in [0.25, 0.3) is 0 Å². The molecule has 0 aromatic heterocycles. The molecule has 0 radical (unpaired) electrons. The zero-order valence-corrected chi connectivity index (χ0v) is 8.04. The third-order valence-corrected chi connectivity index (χ3v) is 2.47. The molecule has 1 saturated heterocycles. The Morgan fingerprint density at radius 2 is 2.00 bits per heavy atom. The summed E-state index contributed by atoms with van der Waals surface area (Å²) in [6.07, 6.45) is 0.393. The van der Waals surface area contributed by atoms with Crippen LogP contribution in [0.4, 0.5) is 0 Å². The van der Waals surface area contributed by atoms with Gasteiger partial charge < -0.3 is 25.7 Å². The standard InChI is InChI=1S/C9H17NO4/c1-2-3-5-8(13)9(14)7(10-5)6(12)4-11/h2-3,5-14H,4H2,1H3/b3-2+/t5-,6-,7+,8+,9+/m1/s1. The van der Waals surface area contributed by atoms with Gasteiger partial charge in [0.2, 0.25) is 0 Å². The molecule has 1 aliphatic heterocycles. The predicted octanol–water partition coefficient (Wildman–Crippen LogP) is -2.02. The maximum absolute atomic E-state index is 9.55. The maximum Gasteiger partial charge on any atom is 0.100 e. The smallest absolute Gasteiger partial charge is 0.100 e. The molecule has 1 heterocycles. The Hall–Kier alpha value is -0.460. The van der Waals surface area contributed by atoms with E-state index < -0.39 is 31.0 Å². The first-order valence-electron chi connectivity index (χ1n) is 4.65. The fourth-order valence-electron chi connectivity index (χ4n) is 1.67. The van der Waals surface area contributed by atoms with E-state index in [-0.39, 0.29) is 6.04 Å². The molecule has 0 aromatic carbocycles. The lowest BCUT2D eigenvalue weighted by atomic mass is 10.0. The summed E-state index contributed by atoms with van der Waals surface area (Å²) in [5, 5.41) is 40.0. The van der Waals surface area contributed by atoms with Crippen molar-refractivity contribution in [2.75, 3.05) is 6.61 Å². The highest BCUT2D eigenvalue weighted by Gasteiger charge is 2.42. The van der Waals surface area contributed by atoms with Gasteiger partial charge in [-0.1, -0.05) is 12.2 Å². The van der Waals surface area contributed by atoms with Crippen LogP contribution in [0, 0.1) is 0 Å². The minimum Gasteiger partial charge on any atom is -0.394 e. The molecule has 1 aliphatic rings. The van der Waals surface area contributed by atoms with Gasteiger partial charge in [-0.05, 0) is 6.92 Å². The monoisotopic (exact) mass is 203 g/mol. The lowest BCUT2D eigenvalue weighted by Crippen LogP contribution is -2.45. The Labute approximate surface area is 82.7 Å². The van der Waals surface area contributed by atoms with Crippen molar-refractivity contribution in [3.05, 3.63) is 12.2 Å². The fraction of sp³-hybridized carbons (Fsp3) is 0.778. The molecule has 1 rings (SSSR count). The first-order valence-corrected chi connectivity index (χ1v) is 4.65. The van der Waals surface area contributed by atoms with Crippen LogP contribution in [0.3, 0.4) is 0 Å². The second-order valence-electron chi connectivity index (χ2n) is 3.48. The van der Waals surface area contributed by atoms with Gasteiger partial charge in [0.1, 0.15) is 6.10 Å². The van der Waals surface area contributed by atoms with Crippen LogP contribution in [0.1, 0.15) is 6.92 Å². The number of nitrogens with one attached hydrogen (secondary N) is 1. The van der Waals surface area contributed by atoms with Gasteiger partial charge in [-0.25, -0.2) is 0 Å². The van der Waals surface area contributed by atoms with E-state index in [0.29, 0.717) is 0 Å². The number of aliphatic hydroxyl groups is 4. The summed E-state index contributed by atoms with van der Waals surface area (Å²) in [7, 11) is 0. The lowest BCUT2D eigenvalue weighted by Gasteiger charge is -2.19. The van der Waals surface area contributed by atoms with E-state index in [0.717, 1.165) is 0 Å². The molecule has 0 spiro atoms. The highest BCUT2D eigenvalue weighted by atomic mass is 16.3. The summed E-state index contributed by atoms with van der Waals surface area (Å²) in [6, 6.07) is -1.06. The van der Waals surface area contributed by atoms with E-state index in [1.807, 2.05) is 0 Å². The van der Waals surface area contributed by atoms with E-state index in [9.17, 15) is 15.3 Å². The van der Waals surface area contributed by atoms with E-state index >= 15 is 0 Å². The largest absolute Gasteiger partial charge is 0.394 e. The van der Waals surface area contributed by atoms with E-state index in [2.05, 4.69) is 5.32 Å². The summed E-state index contributed by atoms with van der Waals surface area (Å²) in [5.41, 5.74) is 0. The molecule has 1 fully saturated rings. The van der Waals surface area contributed by atoms with Crippen molar-refractivity contribution in [1.29, 1.82) is 0 Å². The van der Waals surface area contributed by atoms with Gasteiger partial charge in [-0.2, -0.15) is 0 Å². The normalized spacial score (nSPS) is 40.6. The minimum atomic E-state index is -1.06. The highest BCUT2D eigenvalue weighted by Crippen LogP contribution is 2.17. The summed E-state index contributed by atoms with van der Waals surface area (Å²) in [4.78, 5) is 0. The van der Waals surface area contributed by atoms with E-state index in [4.69, 9.17) is 5.11 Å². The molecule has 0 aromatic rings. The van der Waals surface area contributed by atoms with Crippen LogP contribution >= 0.6 is 0 Å². The van der Waals surface area contributed by atoms with Crippen molar-refractivity contribution in [3.8, 4) is 0 Å². The predicted molar refractivity (Wildman–Crippen MR) is 50.6 cm³/mol. The fourth-order valence-corrected chi connectivity index (χ4v) is 1.67. The second kappa shape index (κ2) is 4.86. The SMILES string of the molecule is C/C=C/[C@H]1N[C@@H]([C@H](O)CO)[C@H](O)[C@H]1O. The van der Waals surface area contributed by atoms with Crippen LogP contribution in [-0.2, 0) is 0 Å². The Bertz CT molecular complexity index is 209. The molecule has 0 bridgehead atoms. The minimum absolute atomic E-state index is 0.374. The van der Waals surface area contributed by atoms with Crippen molar-refractivity contribution < 1.29 is 20.4 Å². The quantitative estimate of drug-likeness (QED) is 0.341. The molecule has 0 amide bonds. The first-order chi connectivity index (χ1) is 6.61. The van der Waals surface area contributed by atoms with Crippen molar-refractivity contribution in [2.24, 2.45) is 0 Å². The summed E-state index contributed by atoms with van der Waals surface area (Å²) >= 11 is 0. The molecule has 14 heavy (non-hydrogen) atoms. The molecular formula is C9H17NO4. The number of hydrogen-bond acceptors (Lipinski definition) is 5. The second-order valence-corrected chi connectivity index (χ2v) is 3.48. The summed E-state index contributed by atoms with van der Waals surface area (Å²) < 4.78 is 0. The Morgan fingerprint density at radius 3 is 2.50 bits per heavy atom. The molecule has 5 N–H and O–H groups in total. The van der Waals surface area contributed by atoms with Gasteiger partial charge in [-0.15, -0.1) is 0 Å². The van der Waals surface area contributed by atoms with Crippen LogP contribution < -0.4 is 5.32 Å². The van der Waals surface area contributed by atoms with Crippen molar-refractivity contribution in [2.45, 2.75) is 37.3 Å². The zero-order chi connectivity index (χ0) is 10.7. The average Bonchev–Trinajstić information content (AvgIpc) is 2.46. The molecule has 0 saturated carbocycles. The molecule has 5 heteroatoms. The van der Waals surface area contributed by atoms with Crippen LogP contribution in [0.15, 0.2) is 12.2 Å². The number of allylic oxidation sites excluding steroid dienone is 1. The third-order valence-electron chi connectivity index (χ3n) is 2.47. The topological polar surface area (TPSA) is 93.0 Å². The Morgan fingerprint density at radius 1 is 1.36 bits per heavy atom. The average molecular weight is 203 g/mol. The number of aliphatic hydroxyl groups excluding tert-OH is 4. The Kier molecular flexibility index (Phi) is 4.03. The maximum atomic E-state index is 9.55.